The Morgan fingerprint density at radius 1 is 1.36 bits per heavy atom. The van der Waals surface area contributed by atoms with Crippen LogP contribution in [0.25, 0.3) is 0 Å². The normalized spacial score (nSPS) is 13.1. The molecule has 0 aromatic rings. The maximum absolute atomic E-state index is 11.4. The molecule has 14 heavy (non-hydrogen) atoms. The number of hydrogen-bond acceptors (Lipinski definition) is 4. The Bertz CT molecular complexity index is 237. The molecule has 0 heterocycles. The van der Waals surface area contributed by atoms with Crippen molar-refractivity contribution in [1.82, 2.24) is 0 Å². The number of carbonyl (C=O) groups is 3. The van der Waals surface area contributed by atoms with Gasteiger partial charge in [-0.1, -0.05) is 0 Å². The van der Waals surface area contributed by atoms with Gasteiger partial charge in [0.25, 0.3) is 0 Å². The van der Waals surface area contributed by atoms with Crippen LogP contribution in [0.3, 0.4) is 0 Å². The average molecular weight is 200 g/mol. The highest BCUT2D eigenvalue weighted by molar-refractivity contribution is 5.99. The Morgan fingerprint density at radius 2 is 1.86 bits per heavy atom. The molecule has 0 spiro atoms. The van der Waals surface area contributed by atoms with Crippen molar-refractivity contribution in [3.63, 3.8) is 0 Å². The van der Waals surface area contributed by atoms with Crippen molar-refractivity contribution in [1.29, 1.82) is 0 Å². The topological polar surface area (TPSA) is 60.4 Å². The molecular weight excluding hydrogens is 184 g/mol. The highest BCUT2D eigenvalue weighted by atomic mass is 16.6. The van der Waals surface area contributed by atoms with Crippen LogP contribution < -0.4 is 0 Å². The molecule has 0 amide bonds. The van der Waals surface area contributed by atoms with Crippen molar-refractivity contribution in [3.05, 3.63) is 0 Å². The van der Waals surface area contributed by atoms with Crippen molar-refractivity contribution in [2.45, 2.75) is 39.7 Å². The molecule has 0 radical (unpaired) electrons. The van der Waals surface area contributed by atoms with Gasteiger partial charge in [0.15, 0.2) is 0 Å². The standard InChI is InChI=1S/C10H16O4/c1-7(12)8(5-6-11)9(13)14-10(2,3)4/h6,8H,5H2,1-4H3. The first-order chi connectivity index (χ1) is 6.28. The van der Waals surface area contributed by atoms with Crippen molar-refractivity contribution >= 4 is 18.0 Å². The van der Waals surface area contributed by atoms with E-state index in [1.54, 1.807) is 20.8 Å². The lowest BCUT2D eigenvalue weighted by Crippen LogP contribution is -2.32. The summed E-state index contributed by atoms with van der Waals surface area (Å²) >= 11 is 0. The van der Waals surface area contributed by atoms with Crippen LogP contribution in [0.2, 0.25) is 0 Å². The molecule has 0 saturated carbocycles. The van der Waals surface area contributed by atoms with Gasteiger partial charge >= 0.3 is 5.97 Å². The third-order valence-electron chi connectivity index (χ3n) is 1.51. The number of esters is 1. The quantitative estimate of drug-likeness (QED) is 0.387. The molecule has 0 aliphatic heterocycles. The monoisotopic (exact) mass is 200 g/mol. The molecule has 4 heteroatoms. The number of ketones is 1. The van der Waals surface area contributed by atoms with Crippen LogP contribution in [-0.4, -0.2) is 23.6 Å². The van der Waals surface area contributed by atoms with Crippen molar-refractivity contribution < 1.29 is 19.1 Å². The van der Waals surface area contributed by atoms with Crippen LogP contribution in [0.4, 0.5) is 0 Å². The largest absolute Gasteiger partial charge is 0.459 e. The van der Waals surface area contributed by atoms with Gasteiger partial charge in [-0.05, 0) is 27.7 Å². The van der Waals surface area contributed by atoms with Crippen LogP contribution in [0.15, 0.2) is 0 Å². The summed E-state index contributed by atoms with van der Waals surface area (Å²) < 4.78 is 5.00. The van der Waals surface area contributed by atoms with E-state index in [0.717, 1.165) is 0 Å². The predicted octanol–water partition coefficient (Wildman–Crippen LogP) is 1.12. The molecule has 80 valence electrons. The van der Waals surface area contributed by atoms with Crippen molar-refractivity contribution in [2.75, 3.05) is 0 Å². The summed E-state index contributed by atoms with van der Waals surface area (Å²) in [6.45, 7) is 6.41. The molecular formula is C10H16O4. The van der Waals surface area contributed by atoms with E-state index in [2.05, 4.69) is 0 Å². The Kier molecular flexibility index (Phi) is 4.47. The molecule has 0 aromatic carbocycles. The number of Topliss-reactive ketones (excluding diaryl/α,β-unsaturated/α-hetero) is 1. The van der Waals surface area contributed by atoms with Gasteiger partial charge in [-0.15, -0.1) is 0 Å². The lowest BCUT2D eigenvalue weighted by Gasteiger charge is -2.21. The second-order valence-electron chi connectivity index (χ2n) is 4.10. The van der Waals surface area contributed by atoms with Crippen LogP contribution in [0.1, 0.15) is 34.1 Å². The van der Waals surface area contributed by atoms with E-state index >= 15 is 0 Å². The van der Waals surface area contributed by atoms with E-state index in [9.17, 15) is 14.4 Å². The SMILES string of the molecule is CC(=O)C(CC=O)C(=O)OC(C)(C)C. The molecule has 0 aliphatic rings. The second kappa shape index (κ2) is 4.88. The fraction of sp³-hybridized carbons (Fsp3) is 0.700. The summed E-state index contributed by atoms with van der Waals surface area (Å²) in [5.41, 5.74) is -0.631. The Balaban J connectivity index is 4.45. The molecule has 0 fully saturated rings. The number of hydrogen-bond donors (Lipinski definition) is 0. The fourth-order valence-electron chi connectivity index (χ4n) is 0.897. The van der Waals surface area contributed by atoms with Gasteiger partial charge in [-0.25, -0.2) is 0 Å². The Labute approximate surface area is 83.6 Å². The summed E-state index contributed by atoms with van der Waals surface area (Å²) in [7, 11) is 0. The molecule has 0 rings (SSSR count). The second-order valence-corrected chi connectivity index (χ2v) is 4.10. The predicted molar refractivity (Wildman–Crippen MR) is 50.7 cm³/mol. The molecule has 0 bridgehead atoms. The maximum Gasteiger partial charge on any atom is 0.317 e. The summed E-state index contributed by atoms with van der Waals surface area (Å²) in [5.74, 6) is -1.92. The lowest BCUT2D eigenvalue weighted by atomic mass is 10.0. The van der Waals surface area contributed by atoms with E-state index in [4.69, 9.17) is 4.74 Å². The Morgan fingerprint density at radius 3 is 2.14 bits per heavy atom. The van der Waals surface area contributed by atoms with Crippen molar-refractivity contribution in [3.8, 4) is 0 Å². The molecule has 0 saturated heterocycles. The zero-order chi connectivity index (χ0) is 11.4. The first kappa shape index (κ1) is 12.8. The van der Waals surface area contributed by atoms with Crippen LogP contribution in [0, 0.1) is 5.92 Å². The first-order valence-electron chi connectivity index (χ1n) is 4.45. The van der Waals surface area contributed by atoms with Crippen LogP contribution >= 0.6 is 0 Å². The zero-order valence-corrected chi connectivity index (χ0v) is 8.99. The minimum atomic E-state index is -0.952. The van der Waals surface area contributed by atoms with Crippen LogP contribution in [-0.2, 0) is 19.1 Å². The van der Waals surface area contributed by atoms with Gasteiger partial charge in [-0.3, -0.25) is 9.59 Å². The van der Waals surface area contributed by atoms with Gasteiger partial charge in [0, 0.05) is 6.42 Å². The van der Waals surface area contributed by atoms with Crippen molar-refractivity contribution in [2.24, 2.45) is 5.92 Å². The molecule has 4 nitrogen and oxygen atoms in total. The number of carbonyl (C=O) groups excluding carboxylic acids is 3. The molecule has 1 unspecified atom stereocenters. The average Bonchev–Trinajstić information content (AvgIpc) is 1.95. The van der Waals surface area contributed by atoms with E-state index in [0.29, 0.717) is 6.29 Å². The molecule has 0 N–H and O–H groups in total. The minimum Gasteiger partial charge on any atom is -0.459 e. The molecule has 1 atom stereocenters. The van der Waals surface area contributed by atoms with Crippen LogP contribution in [0.5, 0.6) is 0 Å². The summed E-state index contributed by atoms with van der Waals surface area (Å²) in [4.78, 5) is 32.6. The summed E-state index contributed by atoms with van der Waals surface area (Å²) in [6, 6.07) is 0. The van der Waals surface area contributed by atoms with E-state index in [-0.39, 0.29) is 12.2 Å². The smallest absolute Gasteiger partial charge is 0.317 e. The highest BCUT2D eigenvalue weighted by Gasteiger charge is 2.28. The van der Waals surface area contributed by atoms with Gasteiger partial charge in [0.2, 0.25) is 0 Å². The third-order valence-corrected chi connectivity index (χ3v) is 1.51. The highest BCUT2D eigenvalue weighted by Crippen LogP contribution is 2.13. The van der Waals surface area contributed by atoms with Gasteiger partial charge < -0.3 is 9.53 Å². The Hall–Kier alpha value is -1.19. The summed E-state index contributed by atoms with van der Waals surface area (Å²) in [5, 5.41) is 0. The van der Waals surface area contributed by atoms with Gasteiger partial charge in [0.05, 0.1) is 0 Å². The van der Waals surface area contributed by atoms with E-state index in [1.807, 2.05) is 0 Å². The van der Waals surface area contributed by atoms with Gasteiger partial charge in [0.1, 0.15) is 23.6 Å². The number of ether oxygens (including phenoxy) is 1. The number of aldehydes is 1. The fourth-order valence-corrected chi connectivity index (χ4v) is 0.897. The molecule has 0 aromatic heterocycles. The molecule has 0 aliphatic carbocycles. The third kappa shape index (κ3) is 4.74. The summed E-state index contributed by atoms with van der Waals surface area (Å²) in [6.07, 6.45) is 0.445. The van der Waals surface area contributed by atoms with E-state index in [1.165, 1.54) is 6.92 Å². The zero-order valence-electron chi connectivity index (χ0n) is 8.99. The first-order valence-corrected chi connectivity index (χ1v) is 4.45. The minimum absolute atomic E-state index is 0.107. The van der Waals surface area contributed by atoms with Gasteiger partial charge in [-0.2, -0.15) is 0 Å². The number of rotatable bonds is 4. The van der Waals surface area contributed by atoms with E-state index < -0.39 is 17.5 Å². The lowest BCUT2D eigenvalue weighted by molar-refractivity contribution is -0.162. The maximum atomic E-state index is 11.4.